The van der Waals surface area contributed by atoms with E-state index in [9.17, 15) is 4.79 Å². The molecular weight excluding hydrogens is 278 g/mol. The first-order valence-electron chi connectivity index (χ1n) is 8.61. The number of aryl methyl sites for hydroxylation is 1. The van der Waals surface area contributed by atoms with Crippen LogP contribution in [0.1, 0.15) is 51.9 Å². The third kappa shape index (κ3) is 3.05. The smallest absolute Gasteiger partial charge is 0.220 e. The molecule has 0 aromatic carbocycles. The first-order valence-corrected chi connectivity index (χ1v) is 8.61. The van der Waals surface area contributed by atoms with Crippen LogP contribution in [0.3, 0.4) is 0 Å². The van der Waals surface area contributed by atoms with Gasteiger partial charge in [-0.25, -0.2) is 4.98 Å². The average Bonchev–Trinajstić information content (AvgIpc) is 3.19. The van der Waals surface area contributed by atoms with E-state index in [1.807, 2.05) is 10.8 Å². The summed E-state index contributed by atoms with van der Waals surface area (Å²) in [6.45, 7) is 3.69. The van der Waals surface area contributed by atoms with Crippen LogP contribution in [0.4, 0.5) is 0 Å². The lowest BCUT2D eigenvalue weighted by Crippen LogP contribution is -2.63. The molecule has 2 atom stereocenters. The Morgan fingerprint density at radius 2 is 2.27 bits per heavy atom. The molecule has 0 radical (unpaired) electrons. The summed E-state index contributed by atoms with van der Waals surface area (Å²) in [6, 6.07) is 0.326. The van der Waals surface area contributed by atoms with Gasteiger partial charge in [-0.2, -0.15) is 0 Å². The SMILES string of the molecule is CCO[C@@H]1C[C@@H](NC(=O)CCCn2ccnc2)C12CCCC2. The van der Waals surface area contributed by atoms with E-state index in [1.165, 1.54) is 25.7 Å². The minimum atomic E-state index is 0.186. The van der Waals surface area contributed by atoms with Crippen molar-refractivity contribution in [3.63, 3.8) is 0 Å². The number of amides is 1. The highest BCUT2D eigenvalue weighted by atomic mass is 16.5. The first-order chi connectivity index (χ1) is 10.7. The molecule has 2 fully saturated rings. The molecule has 1 aromatic rings. The van der Waals surface area contributed by atoms with Gasteiger partial charge in [0.15, 0.2) is 0 Å². The predicted octanol–water partition coefficient (Wildman–Crippen LogP) is 2.52. The third-order valence-electron chi connectivity index (χ3n) is 5.40. The van der Waals surface area contributed by atoms with Crippen molar-refractivity contribution in [1.82, 2.24) is 14.9 Å². The van der Waals surface area contributed by atoms with Gasteiger partial charge in [0.2, 0.25) is 5.91 Å². The molecule has 0 saturated heterocycles. The van der Waals surface area contributed by atoms with Gasteiger partial charge in [-0.05, 0) is 32.6 Å². The standard InChI is InChI=1S/C17H27N3O2/c1-2-22-15-12-14(17(15)7-3-4-8-17)19-16(21)6-5-10-20-11-9-18-13-20/h9,11,13-15H,2-8,10,12H2,1H3,(H,19,21)/t14-,15-/m1/s1. The molecular formula is C17H27N3O2. The Balaban J connectivity index is 1.45. The van der Waals surface area contributed by atoms with Crippen molar-refractivity contribution in [3.05, 3.63) is 18.7 Å². The molecule has 3 rings (SSSR count). The second kappa shape index (κ2) is 6.82. The molecule has 22 heavy (non-hydrogen) atoms. The van der Waals surface area contributed by atoms with Gasteiger partial charge in [0.25, 0.3) is 0 Å². The highest BCUT2D eigenvalue weighted by molar-refractivity contribution is 5.76. The molecule has 5 nitrogen and oxygen atoms in total. The Labute approximate surface area is 132 Å². The van der Waals surface area contributed by atoms with Crippen LogP contribution < -0.4 is 5.32 Å². The van der Waals surface area contributed by atoms with E-state index in [0.29, 0.717) is 18.6 Å². The molecule has 1 spiro atoms. The summed E-state index contributed by atoms with van der Waals surface area (Å²) in [5.41, 5.74) is 0.232. The molecule has 1 N–H and O–H groups in total. The number of rotatable bonds is 7. The number of carbonyl (C=O) groups excluding carboxylic acids is 1. The summed E-state index contributed by atoms with van der Waals surface area (Å²) in [6.07, 6.45) is 13.3. The summed E-state index contributed by atoms with van der Waals surface area (Å²) in [7, 11) is 0. The second-order valence-electron chi connectivity index (χ2n) is 6.64. The van der Waals surface area contributed by atoms with Crippen molar-refractivity contribution in [2.75, 3.05) is 6.61 Å². The summed E-state index contributed by atoms with van der Waals surface area (Å²) in [4.78, 5) is 16.2. The van der Waals surface area contributed by atoms with Crippen molar-refractivity contribution in [2.24, 2.45) is 5.41 Å². The molecule has 0 aliphatic heterocycles. The minimum Gasteiger partial charge on any atom is -0.378 e. The number of imidazole rings is 1. The average molecular weight is 305 g/mol. The summed E-state index contributed by atoms with van der Waals surface area (Å²) in [5.74, 6) is 0.186. The molecule has 2 aliphatic rings. The van der Waals surface area contributed by atoms with Gasteiger partial charge in [0.05, 0.1) is 12.4 Å². The van der Waals surface area contributed by atoms with Gasteiger partial charge in [0.1, 0.15) is 0 Å². The largest absolute Gasteiger partial charge is 0.378 e. The maximum atomic E-state index is 12.2. The molecule has 2 saturated carbocycles. The van der Waals surface area contributed by atoms with Crippen molar-refractivity contribution in [2.45, 2.75) is 70.6 Å². The van der Waals surface area contributed by atoms with E-state index in [-0.39, 0.29) is 11.3 Å². The fraction of sp³-hybridized carbons (Fsp3) is 0.765. The summed E-state index contributed by atoms with van der Waals surface area (Å²) in [5, 5.41) is 3.27. The van der Waals surface area contributed by atoms with E-state index in [2.05, 4.69) is 17.2 Å². The van der Waals surface area contributed by atoms with Crippen molar-refractivity contribution in [3.8, 4) is 0 Å². The second-order valence-corrected chi connectivity index (χ2v) is 6.64. The number of hydrogen-bond acceptors (Lipinski definition) is 3. The monoisotopic (exact) mass is 305 g/mol. The number of nitrogens with zero attached hydrogens (tertiary/aromatic N) is 2. The van der Waals surface area contributed by atoms with Gasteiger partial charge >= 0.3 is 0 Å². The number of aromatic nitrogens is 2. The van der Waals surface area contributed by atoms with Crippen LogP contribution in [-0.4, -0.2) is 34.2 Å². The van der Waals surface area contributed by atoms with Crippen LogP contribution in [0.25, 0.3) is 0 Å². The Hall–Kier alpha value is -1.36. The van der Waals surface area contributed by atoms with Crippen LogP contribution in [-0.2, 0) is 16.1 Å². The lowest BCUT2D eigenvalue weighted by atomic mass is 9.60. The molecule has 0 unspecified atom stereocenters. The van der Waals surface area contributed by atoms with Gasteiger partial charge in [-0.1, -0.05) is 12.8 Å². The van der Waals surface area contributed by atoms with Crippen LogP contribution in [0.5, 0.6) is 0 Å². The van der Waals surface area contributed by atoms with Crippen molar-refractivity contribution < 1.29 is 9.53 Å². The molecule has 0 bridgehead atoms. The lowest BCUT2D eigenvalue weighted by Gasteiger charge is -2.54. The predicted molar refractivity (Wildman–Crippen MR) is 84.3 cm³/mol. The number of hydrogen-bond donors (Lipinski definition) is 1. The normalized spacial score (nSPS) is 26.0. The van der Waals surface area contributed by atoms with E-state index in [4.69, 9.17) is 4.74 Å². The summed E-state index contributed by atoms with van der Waals surface area (Å²) < 4.78 is 7.91. The lowest BCUT2D eigenvalue weighted by molar-refractivity contribution is -0.144. The zero-order valence-electron chi connectivity index (χ0n) is 13.5. The van der Waals surface area contributed by atoms with E-state index in [1.54, 1.807) is 12.5 Å². The Morgan fingerprint density at radius 3 is 2.95 bits per heavy atom. The molecule has 1 heterocycles. The van der Waals surface area contributed by atoms with Crippen LogP contribution >= 0.6 is 0 Å². The van der Waals surface area contributed by atoms with E-state index >= 15 is 0 Å². The van der Waals surface area contributed by atoms with E-state index in [0.717, 1.165) is 26.0 Å². The van der Waals surface area contributed by atoms with Crippen LogP contribution in [0, 0.1) is 5.41 Å². The van der Waals surface area contributed by atoms with Crippen molar-refractivity contribution in [1.29, 1.82) is 0 Å². The quantitative estimate of drug-likeness (QED) is 0.842. The van der Waals surface area contributed by atoms with E-state index < -0.39 is 0 Å². The minimum absolute atomic E-state index is 0.186. The van der Waals surface area contributed by atoms with Crippen LogP contribution in [0.2, 0.25) is 0 Å². The summed E-state index contributed by atoms with van der Waals surface area (Å²) >= 11 is 0. The molecule has 2 aliphatic carbocycles. The topological polar surface area (TPSA) is 56.1 Å². The molecule has 1 amide bonds. The Bertz CT molecular complexity index is 480. The van der Waals surface area contributed by atoms with Gasteiger partial charge in [-0.15, -0.1) is 0 Å². The van der Waals surface area contributed by atoms with Gasteiger partial charge in [0, 0.05) is 43.4 Å². The van der Waals surface area contributed by atoms with Gasteiger partial charge < -0.3 is 14.6 Å². The maximum Gasteiger partial charge on any atom is 0.220 e. The zero-order chi connectivity index (χ0) is 15.4. The Kier molecular flexibility index (Phi) is 4.81. The first kappa shape index (κ1) is 15.5. The molecule has 122 valence electrons. The highest BCUT2D eigenvalue weighted by Gasteiger charge is 2.57. The number of carbonyl (C=O) groups is 1. The third-order valence-corrected chi connectivity index (χ3v) is 5.40. The maximum absolute atomic E-state index is 12.2. The molecule has 5 heteroatoms. The number of nitrogens with one attached hydrogen (secondary N) is 1. The fourth-order valence-electron chi connectivity index (χ4n) is 4.20. The zero-order valence-corrected chi connectivity index (χ0v) is 13.5. The highest BCUT2D eigenvalue weighted by Crippen LogP contribution is 2.54. The fourth-order valence-corrected chi connectivity index (χ4v) is 4.20. The Morgan fingerprint density at radius 1 is 1.45 bits per heavy atom. The number of ether oxygens (including phenoxy) is 1. The molecule has 1 aromatic heterocycles. The van der Waals surface area contributed by atoms with Crippen LogP contribution in [0.15, 0.2) is 18.7 Å². The van der Waals surface area contributed by atoms with Gasteiger partial charge in [-0.3, -0.25) is 4.79 Å². The van der Waals surface area contributed by atoms with Crippen molar-refractivity contribution >= 4 is 5.91 Å².